The Morgan fingerprint density at radius 3 is 1.51 bits per heavy atom. The van der Waals surface area contributed by atoms with Crippen molar-refractivity contribution in [2.24, 2.45) is 35.5 Å². The third-order valence-electron chi connectivity index (χ3n) is 22.4. The molecule has 4 aliphatic rings. The summed E-state index contributed by atoms with van der Waals surface area (Å²) in [5.74, 6) is -10.6. The van der Waals surface area contributed by atoms with Gasteiger partial charge in [0.25, 0.3) is 0 Å². The number of hydrogen-bond acceptors (Lipinski definition) is 14. The summed E-state index contributed by atoms with van der Waals surface area (Å²) in [7, 11) is 8.32. The molecule has 0 aromatic heterocycles. The Balaban J connectivity index is 2.02. The number of hydrogen-bond donors (Lipinski definition) is 6. The smallest absolute Gasteiger partial charge is 0.391 e. The van der Waals surface area contributed by atoms with Crippen LogP contribution in [0, 0.1) is 35.5 Å². The van der Waals surface area contributed by atoms with Gasteiger partial charge < -0.3 is 70.7 Å². The van der Waals surface area contributed by atoms with Gasteiger partial charge in [0.05, 0.1) is 19.1 Å². The first-order valence-corrected chi connectivity index (χ1v) is 39.5. The van der Waals surface area contributed by atoms with E-state index in [0.29, 0.717) is 45.2 Å². The number of carbonyl (C=O) groups excluding carboxylic acids is 12. The number of alkyl halides is 3. The average Bonchev–Trinajstić information content (AvgIpc) is 0.811. The summed E-state index contributed by atoms with van der Waals surface area (Å²) < 4.78 is 41.5. The first-order chi connectivity index (χ1) is 49.7. The summed E-state index contributed by atoms with van der Waals surface area (Å²) in [4.78, 5) is 192. The molecule has 12 amide bonds. The number of nitrogens with zero attached hydrogens (tertiary/aromatic N) is 8. The third kappa shape index (κ3) is 26.9. The van der Waals surface area contributed by atoms with Crippen molar-refractivity contribution in [2.75, 3.05) is 68.5 Å². The van der Waals surface area contributed by atoms with Crippen molar-refractivity contribution in [3.05, 3.63) is 0 Å². The van der Waals surface area contributed by atoms with E-state index in [-0.39, 0.29) is 68.2 Å². The predicted molar refractivity (Wildman–Crippen MR) is 397 cm³/mol. The molecule has 0 bridgehead atoms. The highest BCUT2D eigenvalue weighted by Gasteiger charge is 2.46. The number of likely N-dealkylation sites (tertiary alicyclic amines) is 1. The Kier molecular flexibility index (Phi) is 37.7. The van der Waals surface area contributed by atoms with Crippen molar-refractivity contribution in [1.29, 1.82) is 0 Å². The number of unbranched alkanes of at least 4 members (excludes halogenated alkanes) is 1. The maximum Gasteiger partial charge on any atom is 0.414 e. The second kappa shape index (κ2) is 43.5. The molecule has 29 heteroatoms. The van der Waals surface area contributed by atoms with Gasteiger partial charge in [0.1, 0.15) is 66.5 Å². The summed E-state index contributed by atoms with van der Waals surface area (Å²) in [5.41, 5.74) is 0. The number of amides is 12. The molecular formula is C77H133F3N12O14. The highest BCUT2D eigenvalue weighted by Crippen LogP contribution is 2.33. The lowest BCUT2D eigenvalue weighted by atomic mass is 9.83. The monoisotopic (exact) mass is 1510 g/mol. The maximum absolute atomic E-state index is 15.7. The van der Waals surface area contributed by atoms with Gasteiger partial charge in [-0.25, -0.2) is 0 Å². The number of piperidine rings is 1. The van der Waals surface area contributed by atoms with Crippen molar-refractivity contribution in [3.63, 3.8) is 0 Å². The minimum Gasteiger partial charge on any atom is -0.391 e. The van der Waals surface area contributed by atoms with E-state index in [9.17, 15) is 47.4 Å². The zero-order chi connectivity index (χ0) is 79.8. The molecule has 106 heavy (non-hydrogen) atoms. The molecular weight excluding hydrogens is 1370 g/mol. The molecule has 13 atom stereocenters. The van der Waals surface area contributed by atoms with Gasteiger partial charge in [-0.05, 0) is 126 Å². The Morgan fingerprint density at radius 1 is 0.509 bits per heavy atom. The van der Waals surface area contributed by atoms with E-state index in [1.165, 1.54) is 80.6 Å². The van der Waals surface area contributed by atoms with Gasteiger partial charge in [-0.1, -0.05) is 139 Å². The lowest BCUT2D eigenvalue weighted by Crippen LogP contribution is -2.63. The van der Waals surface area contributed by atoms with E-state index in [1.54, 1.807) is 34.6 Å². The van der Waals surface area contributed by atoms with Gasteiger partial charge in [-0.2, -0.15) is 13.2 Å². The third-order valence-corrected chi connectivity index (χ3v) is 22.4. The molecule has 0 radical (unpaired) electrons. The lowest BCUT2D eigenvalue weighted by Gasteiger charge is -2.40. The number of halogens is 3. The van der Waals surface area contributed by atoms with Gasteiger partial charge >= 0.3 is 6.18 Å². The number of rotatable bonds is 21. The molecule has 606 valence electrons. The molecule has 6 N–H and O–H groups in total. The van der Waals surface area contributed by atoms with Crippen LogP contribution in [0.4, 0.5) is 13.2 Å². The van der Waals surface area contributed by atoms with Gasteiger partial charge in [-0.3, -0.25) is 57.5 Å². The number of aliphatic hydroxyl groups is 2. The van der Waals surface area contributed by atoms with Crippen LogP contribution in [-0.4, -0.2) is 268 Å². The van der Waals surface area contributed by atoms with Crippen LogP contribution in [0.25, 0.3) is 0 Å². The van der Waals surface area contributed by atoms with Crippen LogP contribution in [0.2, 0.25) is 0 Å². The van der Waals surface area contributed by atoms with E-state index in [0.717, 1.165) is 85.3 Å². The van der Waals surface area contributed by atoms with Crippen LogP contribution < -0.4 is 21.3 Å². The van der Waals surface area contributed by atoms with Gasteiger partial charge in [-0.15, -0.1) is 0 Å². The van der Waals surface area contributed by atoms with E-state index in [1.807, 2.05) is 27.7 Å². The fourth-order valence-electron chi connectivity index (χ4n) is 15.3. The minimum atomic E-state index is -5.03. The van der Waals surface area contributed by atoms with Gasteiger partial charge in [0.15, 0.2) is 0 Å². The van der Waals surface area contributed by atoms with Gasteiger partial charge in [0.2, 0.25) is 70.9 Å². The van der Waals surface area contributed by atoms with Crippen LogP contribution in [0.1, 0.15) is 237 Å². The zero-order valence-electron chi connectivity index (χ0n) is 66.9. The molecule has 2 heterocycles. The van der Waals surface area contributed by atoms with E-state index in [2.05, 4.69) is 21.3 Å². The molecule has 2 aliphatic heterocycles. The predicted octanol–water partition coefficient (Wildman–Crippen LogP) is 6.55. The van der Waals surface area contributed by atoms with E-state index in [4.69, 9.17) is 0 Å². The fourth-order valence-corrected chi connectivity index (χ4v) is 15.3. The van der Waals surface area contributed by atoms with Crippen molar-refractivity contribution >= 4 is 70.9 Å². The normalized spacial score (nSPS) is 27.2. The summed E-state index contributed by atoms with van der Waals surface area (Å²) in [6, 6.07) is -14.1. The highest BCUT2D eigenvalue weighted by molar-refractivity contribution is 6.00. The minimum absolute atomic E-state index is 0.0104. The average molecular weight is 1510 g/mol. The summed E-state index contributed by atoms with van der Waals surface area (Å²) >= 11 is 0. The van der Waals surface area contributed by atoms with Crippen molar-refractivity contribution in [1.82, 2.24) is 60.5 Å². The number of carbonyl (C=O) groups is 12. The molecule has 26 nitrogen and oxygen atoms in total. The highest BCUT2D eigenvalue weighted by atomic mass is 19.4. The van der Waals surface area contributed by atoms with Crippen LogP contribution in [0.5, 0.6) is 0 Å². The number of likely N-dealkylation sites (N-methyl/N-ethyl adjacent to an activating group) is 6. The maximum atomic E-state index is 15.7. The molecule has 1 unspecified atom stereocenters. The lowest BCUT2D eigenvalue weighted by molar-refractivity contribution is -0.205. The standard InChI is InChI=1S/C77H133F3N12O14/c1-18-20-37-92-46-64(96)86(13)58(41-48(5)6)68(98)83-57(73(103)91-38-28-23-29-39-91)45-63(95)85(12)51(10)67(97)81-55(35-30-36-62(94)77(78,79)80)71(101)88(15)60(42-49(7)8)74(104)87(14)59(43-53-31-24-21-25-32-53)69(99)82-56(40-47(3)4)72(102)89(16)61(44-54-33-26-22-27-34-54)75(105)90(17)66(50(9)19-2)70(100)84-65(52(11)93)76(92)106/h47-62,65-66,93-94H,18-46H2,1-17H3,(H,81,97)(H,82,99)(H,83,98)(H,84,100)/t50-,51-,52+,55-,56-,57-,58-,59-,60-,61-,62?,65-,66-/m0/s1. The first kappa shape index (κ1) is 91.7. The summed E-state index contributed by atoms with van der Waals surface area (Å²) in [6.45, 7) is 19.0. The number of aliphatic hydroxyl groups excluding tert-OH is 2. The summed E-state index contributed by atoms with van der Waals surface area (Å²) in [6.07, 6.45) is 0.258. The second-order valence-corrected chi connectivity index (χ2v) is 32.3. The van der Waals surface area contributed by atoms with E-state index >= 15 is 33.6 Å². The molecule has 0 spiro atoms. The number of nitrogens with one attached hydrogen (secondary N) is 4. The Bertz CT molecular complexity index is 2900. The van der Waals surface area contributed by atoms with Crippen LogP contribution in [-0.2, 0) is 57.5 Å². The Morgan fingerprint density at radius 2 is 0.991 bits per heavy atom. The Labute approximate surface area is 629 Å². The second-order valence-electron chi connectivity index (χ2n) is 32.3. The summed E-state index contributed by atoms with van der Waals surface area (Å²) in [5, 5.41) is 32.8. The van der Waals surface area contributed by atoms with Crippen molar-refractivity contribution < 1.29 is 80.9 Å². The van der Waals surface area contributed by atoms with Crippen molar-refractivity contribution in [3.8, 4) is 0 Å². The van der Waals surface area contributed by atoms with Crippen LogP contribution in [0.3, 0.4) is 0 Å². The zero-order valence-corrected chi connectivity index (χ0v) is 66.9. The fraction of sp³-hybridized carbons (Fsp3) is 0.844. The molecule has 4 fully saturated rings. The van der Waals surface area contributed by atoms with E-state index < -0.39 is 188 Å². The Hall–Kier alpha value is -6.65. The van der Waals surface area contributed by atoms with Gasteiger partial charge in [0, 0.05) is 61.9 Å². The largest absolute Gasteiger partial charge is 0.414 e. The molecule has 2 aliphatic carbocycles. The molecule has 4 rings (SSSR count). The SMILES string of the molecule is CCCCN1CC(=O)N(C)[C@@H](CC(C)C)C(=O)N[C@H](C(=O)N2CCCCC2)CC(=O)N(C)[C@@H](C)C(=O)N[C@@H](CCCC(O)C(F)(F)F)C(=O)N(C)[C@@H](CC(C)C)C(=O)N(C)[C@@H](CC2CCCCC2)C(=O)N[C@@H](CC(C)C)C(=O)N(C)[C@@H](CC2CCCCC2)C(=O)N(C)[C@@H]([C@@H](C)CC)C(=O)N[C@@H]([C@@H](C)O)C1=O. The molecule has 2 saturated heterocycles. The quantitative estimate of drug-likeness (QED) is 0.0710. The first-order valence-electron chi connectivity index (χ1n) is 39.5. The van der Waals surface area contributed by atoms with Crippen LogP contribution in [0.15, 0.2) is 0 Å². The van der Waals surface area contributed by atoms with Crippen LogP contribution >= 0.6 is 0 Å². The molecule has 2 saturated carbocycles. The molecule has 0 aromatic rings. The topological polar surface area (TPSA) is 319 Å². The molecule has 0 aromatic carbocycles. The van der Waals surface area contributed by atoms with Crippen molar-refractivity contribution in [2.45, 2.75) is 315 Å².